The topological polar surface area (TPSA) is 9.23 Å². The van der Waals surface area contributed by atoms with Crippen LogP contribution < -0.4 is 29.6 Å². The van der Waals surface area contributed by atoms with Crippen LogP contribution in [0.4, 0.5) is 0 Å². The molecule has 0 radical (unpaired) electrons. The van der Waals surface area contributed by atoms with Crippen molar-refractivity contribution in [3.05, 3.63) is 51.4 Å². The van der Waals surface area contributed by atoms with Crippen LogP contribution in [0.25, 0.3) is 0 Å². The van der Waals surface area contributed by atoms with Gasteiger partial charge in [0.1, 0.15) is 0 Å². The summed E-state index contributed by atoms with van der Waals surface area (Å²) in [6.07, 6.45) is 6.55. The van der Waals surface area contributed by atoms with Gasteiger partial charge in [-0.1, -0.05) is 0 Å². The summed E-state index contributed by atoms with van der Waals surface area (Å²) in [4.78, 5) is 0. The van der Waals surface area contributed by atoms with E-state index < -0.39 is 0 Å². The molecule has 0 aliphatic heterocycles. The Balaban J connectivity index is 0.00000144. The van der Waals surface area contributed by atoms with Crippen LogP contribution in [0.5, 0.6) is 5.75 Å². The molecule has 0 unspecified atom stereocenters. The van der Waals surface area contributed by atoms with Gasteiger partial charge in [0.2, 0.25) is 0 Å². The number of halogens is 2. The van der Waals surface area contributed by atoms with Gasteiger partial charge in [-0.25, -0.2) is 0 Å². The minimum absolute atomic E-state index is 0. The van der Waals surface area contributed by atoms with Gasteiger partial charge in [-0.3, -0.25) is 0 Å². The van der Waals surface area contributed by atoms with Gasteiger partial charge in [0.05, 0.1) is 0 Å². The van der Waals surface area contributed by atoms with Crippen molar-refractivity contribution in [3.63, 3.8) is 0 Å². The first-order chi connectivity index (χ1) is 7.81. The van der Waals surface area contributed by atoms with Crippen LogP contribution in [0.2, 0.25) is 0 Å². The molecule has 0 heterocycles. The Kier molecular flexibility index (Phi) is 8.72. The number of hydrogen-bond acceptors (Lipinski definition) is 1. The Morgan fingerprint density at radius 2 is 1.94 bits per heavy atom. The minimum Gasteiger partial charge on any atom is -1.00 e. The molecule has 4 heteroatoms. The van der Waals surface area contributed by atoms with E-state index >= 15 is 0 Å². The number of ether oxygens (including phenoxy) is 1. The average molecular weight is 318 g/mol. The zero-order valence-electron chi connectivity index (χ0n) is 10.2. The molecule has 0 saturated carbocycles. The van der Waals surface area contributed by atoms with Crippen molar-refractivity contribution in [3.8, 4) is 5.75 Å². The van der Waals surface area contributed by atoms with Crippen LogP contribution in [-0.2, 0) is 26.9 Å². The standard InChI is InChI=1S/C14H15O.2ClH.Ti/c1-2-15-14-10-6-5-9-13(14)11-12-7-3-4-8-12;;;/h3,5-7,9-10H,2,4,11H2,1H3;2*1H;/q;;;+2/p-2. The van der Waals surface area contributed by atoms with Crippen molar-refractivity contribution in [2.45, 2.75) is 19.8 Å². The molecule has 0 fully saturated rings. The molecule has 0 amide bonds. The first-order valence-electron chi connectivity index (χ1n) is 5.62. The van der Waals surface area contributed by atoms with Crippen molar-refractivity contribution in [1.82, 2.24) is 0 Å². The summed E-state index contributed by atoms with van der Waals surface area (Å²) in [7, 11) is 0. The van der Waals surface area contributed by atoms with Crippen LogP contribution in [0.15, 0.2) is 45.9 Å². The summed E-state index contributed by atoms with van der Waals surface area (Å²) in [5, 5.41) is 0. The first kappa shape index (κ1) is 17.8. The molecule has 18 heavy (non-hydrogen) atoms. The van der Waals surface area contributed by atoms with Crippen LogP contribution >= 0.6 is 0 Å². The second kappa shape index (κ2) is 8.82. The van der Waals surface area contributed by atoms with Crippen molar-refractivity contribution >= 4 is 0 Å². The molecule has 1 aromatic carbocycles. The summed E-state index contributed by atoms with van der Waals surface area (Å²) in [5.74, 6) is 1.02. The predicted molar refractivity (Wildman–Crippen MR) is 62.1 cm³/mol. The van der Waals surface area contributed by atoms with Crippen LogP contribution in [-0.4, -0.2) is 6.61 Å². The van der Waals surface area contributed by atoms with Crippen molar-refractivity contribution < 1.29 is 50.0 Å². The summed E-state index contributed by atoms with van der Waals surface area (Å²) in [6.45, 7) is 2.75. The number of benzene rings is 1. The number of rotatable bonds is 4. The summed E-state index contributed by atoms with van der Waals surface area (Å²) < 4.78 is 7.11. The van der Waals surface area contributed by atoms with Crippen LogP contribution in [0.1, 0.15) is 18.9 Å². The summed E-state index contributed by atoms with van der Waals surface area (Å²) in [6, 6.07) is 8.30. The molecule has 95 valence electrons. The molecule has 0 spiro atoms. The van der Waals surface area contributed by atoms with Gasteiger partial charge < -0.3 is 24.8 Å². The van der Waals surface area contributed by atoms with Gasteiger partial charge in [0, 0.05) is 0 Å². The third-order valence-electron chi connectivity index (χ3n) is 2.68. The van der Waals surface area contributed by atoms with E-state index in [1.54, 1.807) is 0 Å². The van der Waals surface area contributed by atoms with Gasteiger partial charge in [-0.15, -0.1) is 0 Å². The Bertz CT molecular complexity index is 441. The molecule has 0 bridgehead atoms. The maximum absolute atomic E-state index is 5.64. The maximum Gasteiger partial charge on any atom is -1.00 e. The molecule has 1 nitrogen and oxygen atoms in total. The van der Waals surface area contributed by atoms with Crippen molar-refractivity contribution in [1.29, 1.82) is 0 Å². The van der Waals surface area contributed by atoms with Crippen LogP contribution in [0, 0.1) is 0 Å². The van der Waals surface area contributed by atoms with Gasteiger partial charge in [-0.05, 0) is 0 Å². The van der Waals surface area contributed by atoms with E-state index in [-0.39, 0.29) is 24.8 Å². The van der Waals surface area contributed by atoms with E-state index in [1.165, 1.54) is 15.0 Å². The SMILES string of the molecule is CCOc1ccccc1CC1=[C]([Ti+2])CC=C1.[Cl-].[Cl-]. The molecule has 0 aromatic heterocycles. The van der Waals surface area contributed by atoms with E-state index in [1.807, 2.05) is 19.1 Å². The van der Waals surface area contributed by atoms with E-state index in [2.05, 4.69) is 44.7 Å². The predicted octanol–water partition coefficient (Wildman–Crippen LogP) is -2.60. The summed E-state index contributed by atoms with van der Waals surface area (Å²) in [5.41, 5.74) is 2.72. The Hall–Kier alpha value is -0.206. The van der Waals surface area contributed by atoms with E-state index in [9.17, 15) is 0 Å². The minimum atomic E-state index is 0. The maximum atomic E-state index is 5.64. The third-order valence-corrected chi connectivity index (χ3v) is 3.50. The van der Waals surface area contributed by atoms with Gasteiger partial charge >= 0.3 is 109 Å². The first-order valence-corrected chi connectivity index (χ1v) is 6.40. The number of para-hydroxylation sites is 1. The molecule has 0 atom stereocenters. The Labute approximate surface area is 133 Å². The second-order valence-electron chi connectivity index (χ2n) is 3.83. The zero-order chi connectivity index (χ0) is 11.4. The molecular weight excluding hydrogens is 303 g/mol. The van der Waals surface area contributed by atoms with Gasteiger partial charge in [-0.2, -0.15) is 0 Å². The molecule has 1 aliphatic carbocycles. The molecule has 0 N–H and O–H groups in total. The normalized spacial score (nSPS) is 13.1. The van der Waals surface area contributed by atoms with Crippen LogP contribution in [0.3, 0.4) is 0 Å². The fraction of sp³-hybridized carbons (Fsp3) is 0.286. The fourth-order valence-electron chi connectivity index (χ4n) is 1.87. The Morgan fingerprint density at radius 3 is 2.56 bits per heavy atom. The molecule has 1 aliphatic rings. The van der Waals surface area contributed by atoms with Crippen molar-refractivity contribution in [2.24, 2.45) is 0 Å². The second-order valence-corrected chi connectivity index (χ2v) is 4.77. The number of allylic oxidation sites excluding steroid dienone is 4. The fourth-order valence-corrected chi connectivity index (χ4v) is 2.32. The van der Waals surface area contributed by atoms with E-state index in [0.717, 1.165) is 25.2 Å². The van der Waals surface area contributed by atoms with E-state index in [0.29, 0.717) is 0 Å². The summed E-state index contributed by atoms with van der Waals surface area (Å²) >= 11 is 2.21. The quantitative estimate of drug-likeness (QED) is 0.553. The molecule has 1 aromatic rings. The molecular formula is C14H15Cl2OTi. The molecule has 2 rings (SSSR count). The monoisotopic (exact) mass is 317 g/mol. The zero-order valence-corrected chi connectivity index (χ0v) is 13.3. The van der Waals surface area contributed by atoms with Crippen molar-refractivity contribution in [2.75, 3.05) is 6.61 Å². The smallest absolute Gasteiger partial charge is 1.00 e. The largest absolute Gasteiger partial charge is 1.00 e. The van der Waals surface area contributed by atoms with Gasteiger partial charge in [0.25, 0.3) is 0 Å². The Morgan fingerprint density at radius 1 is 1.22 bits per heavy atom. The van der Waals surface area contributed by atoms with E-state index in [4.69, 9.17) is 4.74 Å². The average Bonchev–Trinajstić information content (AvgIpc) is 2.68. The number of hydrogen-bond donors (Lipinski definition) is 0. The third kappa shape index (κ3) is 4.47. The molecule has 0 saturated heterocycles. The van der Waals surface area contributed by atoms with Gasteiger partial charge in [0.15, 0.2) is 0 Å².